The molecule has 0 unspecified atom stereocenters. The molecule has 7 heteroatoms. The molecule has 0 saturated heterocycles. The van der Waals surface area contributed by atoms with Crippen molar-refractivity contribution in [2.24, 2.45) is 0 Å². The van der Waals surface area contributed by atoms with E-state index < -0.39 is 35.7 Å². The fourth-order valence-electron chi connectivity index (χ4n) is 3.01. The summed E-state index contributed by atoms with van der Waals surface area (Å²) in [5.41, 5.74) is 2.14. The summed E-state index contributed by atoms with van der Waals surface area (Å²) in [5, 5.41) is 5.16. The maximum Gasteiger partial charge on any atom is 0.328 e. The molecule has 0 saturated carbocycles. The minimum Gasteiger partial charge on any atom is -0.467 e. The SMILES string of the molecule is COC(=O)[C@@H](Cc1ccccc1C)NC(=O)[C@H](Cc1ccccc1F)NC(C)=O. The highest BCUT2D eigenvalue weighted by Gasteiger charge is 2.28. The summed E-state index contributed by atoms with van der Waals surface area (Å²) in [5.74, 6) is -2.10. The molecule has 2 N–H and O–H groups in total. The Labute approximate surface area is 169 Å². The Balaban J connectivity index is 2.20. The van der Waals surface area contributed by atoms with Gasteiger partial charge in [-0.1, -0.05) is 42.5 Å². The Morgan fingerprint density at radius 3 is 2.10 bits per heavy atom. The van der Waals surface area contributed by atoms with Crippen molar-refractivity contribution in [2.45, 2.75) is 38.8 Å². The summed E-state index contributed by atoms with van der Waals surface area (Å²) < 4.78 is 18.8. The molecule has 0 bridgehead atoms. The Kier molecular flexibility index (Phi) is 7.88. The highest BCUT2D eigenvalue weighted by atomic mass is 19.1. The van der Waals surface area contributed by atoms with E-state index in [1.54, 1.807) is 18.2 Å². The maximum absolute atomic E-state index is 14.0. The normalized spacial score (nSPS) is 12.6. The Bertz CT molecular complexity index is 885. The number of amides is 2. The van der Waals surface area contributed by atoms with E-state index in [0.717, 1.165) is 11.1 Å². The topological polar surface area (TPSA) is 84.5 Å². The Morgan fingerprint density at radius 1 is 0.931 bits per heavy atom. The van der Waals surface area contributed by atoms with Gasteiger partial charge in [-0.25, -0.2) is 9.18 Å². The van der Waals surface area contributed by atoms with E-state index in [2.05, 4.69) is 10.6 Å². The van der Waals surface area contributed by atoms with Gasteiger partial charge in [0.15, 0.2) is 0 Å². The number of nitrogens with one attached hydrogen (secondary N) is 2. The third-order valence-electron chi connectivity index (χ3n) is 4.56. The van der Waals surface area contributed by atoms with Crippen LogP contribution in [0.3, 0.4) is 0 Å². The quantitative estimate of drug-likeness (QED) is 0.665. The van der Waals surface area contributed by atoms with E-state index in [1.807, 2.05) is 31.2 Å². The van der Waals surface area contributed by atoms with Crippen LogP contribution in [0.25, 0.3) is 0 Å². The number of hydrogen-bond donors (Lipinski definition) is 2. The number of esters is 1. The molecule has 2 atom stereocenters. The molecule has 2 aromatic carbocycles. The zero-order valence-corrected chi connectivity index (χ0v) is 16.7. The van der Waals surface area contributed by atoms with Crippen LogP contribution in [-0.2, 0) is 32.0 Å². The monoisotopic (exact) mass is 400 g/mol. The number of carbonyl (C=O) groups excluding carboxylic acids is 3. The Morgan fingerprint density at radius 2 is 1.52 bits per heavy atom. The second-order valence-corrected chi connectivity index (χ2v) is 6.76. The second kappa shape index (κ2) is 10.4. The number of carbonyl (C=O) groups is 3. The first-order valence-electron chi connectivity index (χ1n) is 9.25. The van der Waals surface area contributed by atoms with Gasteiger partial charge >= 0.3 is 5.97 Å². The molecule has 0 spiro atoms. The summed E-state index contributed by atoms with van der Waals surface area (Å²) in [6.07, 6.45) is 0.188. The number of ether oxygens (including phenoxy) is 1. The molecule has 0 aliphatic heterocycles. The van der Waals surface area contributed by atoms with Crippen molar-refractivity contribution >= 4 is 17.8 Å². The molecule has 0 aliphatic rings. The smallest absolute Gasteiger partial charge is 0.328 e. The van der Waals surface area contributed by atoms with Crippen LogP contribution >= 0.6 is 0 Å². The molecular weight excluding hydrogens is 375 g/mol. The molecule has 2 aromatic rings. The molecule has 0 radical (unpaired) electrons. The van der Waals surface area contributed by atoms with E-state index in [0.29, 0.717) is 0 Å². The molecule has 154 valence electrons. The largest absolute Gasteiger partial charge is 0.467 e. The first kappa shape index (κ1) is 22.1. The average molecular weight is 400 g/mol. The van der Waals surface area contributed by atoms with Gasteiger partial charge in [0.2, 0.25) is 11.8 Å². The van der Waals surface area contributed by atoms with Gasteiger partial charge in [0.05, 0.1) is 7.11 Å². The number of halogens is 1. The van der Waals surface area contributed by atoms with Gasteiger partial charge in [0.25, 0.3) is 0 Å². The predicted molar refractivity (Wildman–Crippen MR) is 107 cm³/mol. The number of hydrogen-bond acceptors (Lipinski definition) is 4. The van der Waals surface area contributed by atoms with E-state index in [1.165, 1.54) is 20.1 Å². The average Bonchev–Trinajstić information content (AvgIpc) is 2.69. The second-order valence-electron chi connectivity index (χ2n) is 6.76. The van der Waals surface area contributed by atoms with Gasteiger partial charge in [-0.2, -0.15) is 0 Å². The number of benzene rings is 2. The van der Waals surface area contributed by atoms with Gasteiger partial charge in [-0.05, 0) is 29.7 Å². The standard InChI is InChI=1S/C22H25FN2O4/c1-14-8-4-5-9-16(14)12-20(22(28)29-3)25-21(27)19(24-15(2)26)13-17-10-6-7-11-18(17)23/h4-11,19-20H,12-13H2,1-3H3,(H,24,26)(H,25,27)/t19-,20+/m0/s1. The third kappa shape index (κ3) is 6.41. The van der Waals surface area contributed by atoms with Crippen LogP contribution < -0.4 is 10.6 Å². The van der Waals surface area contributed by atoms with Crippen LogP contribution in [0.15, 0.2) is 48.5 Å². The van der Waals surface area contributed by atoms with Crippen LogP contribution in [0, 0.1) is 12.7 Å². The summed E-state index contributed by atoms with van der Waals surface area (Å²) in [6, 6.07) is 11.5. The van der Waals surface area contributed by atoms with E-state index in [4.69, 9.17) is 4.74 Å². The third-order valence-corrected chi connectivity index (χ3v) is 4.56. The molecule has 0 heterocycles. The van der Waals surface area contributed by atoms with Crippen molar-refractivity contribution in [2.75, 3.05) is 7.11 Å². The lowest BCUT2D eigenvalue weighted by atomic mass is 10.00. The summed E-state index contributed by atoms with van der Waals surface area (Å²) in [6.45, 7) is 3.18. The van der Waals surface area contributed by atoms with E-state index in [9.17, 15) is 18.8 Å². The van der Waals surface area contributed by atoms with E-state index >= 15 is 0 Å². The van der Waals surface area contributed by atoms with Crippen molar-refractivity contribution in [3.63, 3.8) is 0 Å². The minimum atomic E-state index is -1.03. The molecule has 0 aliphatic carbocycles. The molecule has 29 heavy (non-hydrogen) atoms. The number of aryl methyl sites for hydroxylation is 1. The van der Waals surface area contributed by atoms with Crippen molar-refractivity contribution in [1.82, 2.24) is 10.6 Å². The highest BCUT2D eigenvalue weighted by molar-refractivity contribution is 5.90. The van der Waals surface area contributed by atoms with Crippen LogP contribution in [0.5, 0.6) is 0 Å². The molecule has 2 rings (SSSR count). The number of rotatable bonds is 8. The molecular formula is C22H25FN2O4. The minimum absolute atomic E-state index is 0.0453. The number of methoxy groups -OCH3 is 1. The van der Waals surface area contributed by atoms with Gasteiger partial charge in [0.1, 0.15) is 17.9 Å². The first-order chi connectivity index (χ1) is 13.8. The van der Waals surface area contributed by atoms with Gasteiger partial charge in [-0.3, -0.25) is 9.59 Å². The summed E-state index contributed by atoms with van der Waals surface area (Å²) in [7, 11) is 1.24. The van der Waals surface area contributed by atoms with E-state index in [-0.39, 0.29) is 18.4 Å². The first-order valence-corrected chi connectivity index (χ1v) is 9.25. The maximum atomic E-state index is 14.0. The predicted octanol–water partition coefficient (Wildman–Crippen LogP) is 2.08. The lowest BCUT2D eigenvalue weighted by Crippen LogP contribution is -2.53. The van der Waals surface area contributed by atoms with Crippen molar-refractivity contribution < 1.29 is 23.5 Å². The van der Waals surface area contributed by atoms with Crippen LogP contribution in [0.2, 0.25) is 0 Å². The van der Waals surface area contributed by atoms with Crippen LogP contribution in [-0.4, -0.2) is 37.0 Å². The zero-order valence-electron chi connectivity index (χ0n) is 16.7. The van der Waals surface area contributed by atoms with Crippen LogP contribution in [0.1, 0.15) is 23.6 Å². The zero-order chi connectivity index (χ0) is 21.4. The highest BCUT2D eigenvalue weighted by Crippen LogP contribution is 2.12. The Hall–Kier alpha value is -3.22. The van der Waals surface area contributed by atoms with Gasteiger partial charge in [-0.15, -0.1) is 0 Å². The van der Waals surface area contributed by atoms with Crippen LogP contribution in [0.4, 0.5) is 4.39 Å². The lowest BCUT2D eigenvalue weighted by molar-refractivity contribution is -0.145. The van der Waals surface area contributed by atoms with Crippen molar-refractivity contribution in [3.8, 4) is 0 Å². The lowest BCUT2D eigenvalue weighted by Gasteiger charge is -2.22. The molecule has 0 aromatic heterocycles. The summed E-state index contributed by atoms with van der Waals surface area (Å²) in [4.78, 5) is 36.6. The van der Waals surface area contributed by atoms with Crippen molar-refractivity contribution in [1.29, 1.82) is 0 Å². The molecule has 2 amide bonds. The van der Waals surface area contributed by atoms with Gasteiger partial charge in [0, 0.05) is 19.8 Å². The van der Waals surface area contributed by atoms with Crippen molar-refractivity contribution in [3.05, 3.63) is 71.0 Å². The fraction of sp³-hybridized carbons (Fsp3) is 0.318. The molecule has 0 fully saturated rings. The molecule has 6 nitrogen and oxygen atoms in total. The van der Waals surface area contributed by atoms with Gasteiger partial charge < -0.3 is 15.4 Å². The fourth-order valence-corrected chi connectivity index (χ4v) is 3.01. The summed E-state index contributed by atoms with van der Waals surface area (Å²) >= 11 is 0.